The summed E-state index contributed by atoms with van der Waals surface area (Å²) in [7, 11) is 0. The van der Waals surface area contributed by atoms with E-state index in [1.54, 1.807) is 0 Å². The van der Waals surface area contributed by atoms with E-state index in [4.69, 9.17) is 5.11 Å². The molecule has 1 saturated heterocycles. The third-order valence-electron chi connectivity index (χ3n) is 4.87. The molecule has 0 unspecified atom stereocenters. The van der Waals surface area contributed by atoms with Gasteiger partial charge in [-0.2, -0.15) is 0 Å². The van der Waals surface area contributed by atoms with Gasteiger partial charge in [0.25, 0.3) is 0 Å². The van der Waals surface area contributed by atoms with Crippen molar-refractivity contribution in [1.29, 1.82) is 0 Å². The maximum Gasteiger partial charge on any atom is 0.306 e. The number of rotatable bonds is 5. The highest BCUT2D eigenvalue weighted by molar-refractivity contribution is 5.83. The number of hydrogen-bond acceptors (Lipinski definition) is 2. The zero-order chi connectivity index (χ0) is 16.9. The van der Waals surface area contributed by atoms with Gasteiger partial charge in [0.1, 0.15) is 0 Å². The van der Waals surface area contributed by atoms with Crippen molar-refractivity contribution in [2.45, 2.75) is 32.1 Å². The molecule has 1 amide bonds. The summed E-state index contributed by atoms with van der Waals surface area (Å²) >= 11 is 0. The minimum Gasteiger partial charge on any atom is -0.481 e. The van der Waals surface area contributed by atoms with Crippen LogP contribution in [0.1, 0.15) is 31.2 Å². The Labute approximate surface area is 142 Å². The Morgan fingerprint density at radius 1 is 1.04 bits per heavy atom. The average molecular weight is 325 g/mol. The predicted octanol–water partition coefficient (Wildman–Crippen LogP) is 3.49. The zero-order valence-corrected chi connectivity index (χ0v) is 13.8. The summed E-state index contributed by atoms with van der Waals surface area (Å²) in [6.45, 7) is 1.15. The Morgan fingerprint density at radius 3 is 2.46 bits per heavy atom. The summed E-state index contributed by atoms with van der Waals surface area (Å²) in [5.41, 5.74) is 1.26. The number of aryl methyl sites for hydroxylation is 1. The molecular weight excluding hydrogens is 302 g/mol. The van der Waals surface area contributed by atoms with E-state index in [2.05, 4.69) is 30.3 Å². The van der Waals surface area contributed by atoms with E-state index in [-0.39, 0.29) is 11.8 Å². The van der Waals surface area contributed by atoms with E-state index in [9.17, 15) is 9.59 Å². The number of benzene rings is 2. The van der Waals surface area contributed by atoms with Crippen molar-refractivity contribution >= 4 is 22.6 Å². The topological polar surface area (TPSA) is 57.6 Å². The van der Waals surface area contributed by atoms with Gasteiger partial charge in [0.15, 0.2) is 0 Å². The molecule has 0 bridgehead atoms. The molecule has 3 rings (SSSR count). The highest BCUT2D eigenvalue weighted by atomic mass is 16.4. The van der Waals surface area contributed by atoms with Crippen molar-refractivity contribution in [3.05, 3.63) is 48.0 Å². The predicted molar refractivity (Wildman–Crippen MR) is 93.8 cm³/mol. The first-order valence-electron chi connectivity index (χ1n) is 8.62. The van der Waals surface area contributed by atoms with Crippen LogP contribution in [0.4, 0.5) is 0 Å². The first kappa shape index (κ1) is 16.5. The number of aliphatic carboxylic acids is 1. The molecule has 0 spiro atoms. The van der Waals surface area contributed by atoms with Crippen LogP contribution in [-0.4, -0.2) is 35.0 Å². The highest BCUT2D eigenvalue weighted by Crippen LogP contribution is 2.20. The molecule has 1 aliphatic rings. The third-order valence-corrected chi connectivity index (χ3v) is 4.87. The van der Waals surface area contributed by atoms with Crippen LogP contribution >= 0.6 is 0 Å². The van der Waals surface area contributed by atoms with E-state index in [1.165, 1.54) is 16.3 Å². The summed E-state index contributed by atoms with van der Waals surface area (Å²) in [4.78, 5) is 25.0. The summed E-state index contributed by atoms with van der Waals surface area (Å²) in [6.07, 6.45) is 3.40. The first-order valence-corrected chi connectivity index (χ1v) is 8.62. The Bertz CT molecular complexity index is 732. The molecule has 0 atom stereocenters. The molecule has 126 valence electrons. The highest BCUT2D eigenvalue weighted by Gasteiger charge is 2.26. The van der Waals surface area contributed by atoms with Gasteiger partial charge >= 0.3 is 5.97 Å². The van der Waals surface area contributed by atoms with Gasteiger partial charge in [0, 0.05) is 19.5 Å². The molecule has 4 heteroatoms. The van der Waals surface area contributed by atoms with Crippen molar-refractivity contribution in [3.63, 3.8) is 0 Å². The van der Waals surface area contributed by atoms with Crippen LogP contribution in [0.3, 0.4) is 0 Å². The normalized spacial score (nSPS) is 15.6. The molecule has 1 fully saturated rings. The van der Waals surface area contributed by atoms with Gasteiger partial charge in [-0.15, -0.1) is 0 Å². The monoisotopic (exact) mass is 325 g/mol. The van der Waals surface area contributed by atoms with Gasteiger partial charge in [-0.3, -0.25) is 9.59 Å². The lowest BCUT2D eigenvalue weighted by Crippen LogP contribution is -2.40. The van der Waals surface area contributed by atoms with E-state index >= 15 is 0 Å². The van der Waals surface area contributed by atoms with Crippen molar-refractivity contribution in [2.75, 3.05) is 13.1 Å². The van der Waals surface area contributed by atoms with Gasteiger partial charge in [-0.1, -0.05) is 42.5 Å². The molecule has 2 aromatic carbocycles. The van der Waals surface area contributed by atoms with Gasteiger partial charge in [0.2, 0.25) is 5.91 Å². The van der Waals surface area contributed by atoms with Crippen LogP contribution in [0, 0.1) is 5.92 Å². The van der Waals surface area contributed by atoms with Gasteiger partial charge < -0.3 is 10.0 Å². The summed E-state index contributed by atoms with van der Waals surface area (Å²) in [6, 6.07) is 14.7. The molecule has 1 aliphatic heterocycles. The number of carbonyl (C=O) groups is 2. The van der Waals surface area contributed by atoms with Crippen LogP contribution < -0.4 is 0 Å². The standard InChI is InChI=1S/C20H23NO3/c22-19(21-12-10-17(11-13-21)20(23)24)7-3-4-15-8-9-16-5-1-2-6-18(16)14-15/h1-2,5-6,8-9,14,17H,3-4,7,10-13H2,(H,23,24). The van der Waals surface area contributed by atoms with Crippen LogP contribution in [-0.2, 0) is 16.0 Å². The van der Waals surface area contributed by atoms with Crippen LogP contribution in [0.2, 0.25) is 0 Å². The van der Waals surface area contributed by atoms with Crippen LogP contribution in [0.15, 0.2) is 42.5 Å². The van der Waals surface area contributed by atoms with E-state index in [0.717, 1.165) is 12.8 Å². The molecule has 0 radical (unpaired) electrons. The maximum absolute atomic E-state index is 12.3. The minimum absolute atomic E-state index is 0.152. The molecule has 4 nitrogen and oxygen atoms in total. The van der Waals surface area contributed by atoms with Crippen LogP contribution in [0.5, 0.6) is 0 Å². The largest absolute Gasteiger partial charge is 0.481 e. The fourth-order valence-corrected chi connectivity index (χ4v) is 3.37. The quantitative estimate of drug-likeness (QED) is 0.915. The molecule has 0 aromatic heterocycles. The number of likely N-dealkylation sites (tertiary alicyclic amines) is 1. The third kappa shape index (κ3) is 3.94. The lowest BCUT2D eigenvalue weighted by atomic mass is 9.96. The Hall–Kier alpha value is -2.36. The summed E-state index contributed by atoms with van der Waals surface area (Å²) in [5, 5.41) is 11.5. The van der Waals surface area contributed by atoms with Gasteiger partial charge in [-0.05, 0) is 42.0 Å². The van der Waals surface area contributed by atoms with Gasteiger partial charge in [-0.25, -0.2) is 0 Å². The van der Waals surface area contributed by atoms with Crippen molar-refractivity contribution in [1.82, 2.24) is 4.90 Å². The van der Waals surface area contributed by atoms with E-state index in [0.29, 0.717) is 32.4 Å². The van der Waals surface area contributed by atoms with Crippen LogP contribution in [0.25, 0.3) is 10.8 Å². The molecule has 1 heterocycles. The Balaban J connectivity index is 1.47. The molecule has 2 aromatic rings. The SMILES string of the molecule is O=C(O)C1CCN(C(=O)CCCc2ccc3ccccc3c2)CC1. The fraction of sp³-hybridized carbons (Fsp3) is 0.400. The van der Waals surface area contributed by atoms with Crippen molar-refractivity contribution < 1.29 is 14.7 Å². The molecule has 24 heavy (non-hydrogen) atoms. The number of piperidine rings is 1. The number of hydrogen-bond donors (Lipinski definition) is 1. The lowest BCUT2D eigenvalue weighted by Gasteiger charge is -2.30. The second kappa shape index (κ2) is 7.47. The number of carboxylic acids is 1. The number of carbonyl (C=O) groups excluding carboxylic acids is 1. The first-order chi connectivity index (χ1) is 11.6. The average Bonchev–Trinajstić information content (AvgIpc) is 2.61. The number of fused-ring (bicyclic) bond motifs is 1. The summed E-state index contributed by atoms with van der Waals surface area (Å²) in [5.74, 6) is -0.871. The smallest absolute Gasteiger partial charge is 0.306 e. The van der Waals surface area contributed by atoms with Crippen molar-refractivity contribution in [2.24, 2.45) is 5.92 Å². The second-order valence-corrected chi connectivity index (χ2v) is 6.53. The lowest BCUT2D eigenvalue weighted by molar-refractivity contribution is -0.145. The second-order valence-electron chi connectivity index (χ2n) is 6.53. The zero-order valence-electron chi connectivity index (χ0n) is 13.8. The minimum atomic E-state index is -0.738. The summed E-state index contributed by atoms with van der Waals surface area (Å²) < 4.78 is 0. The Morgan fingerprint density at radius 2 is 1.75 bits per heavy atom. The number of carboxylic acid groups (broad SMARTS) is 1. The van der Waals surface area contributed by atoms with Gasteiger partial charge in [0.05, 0.1) is 5.92 Å². The fourth-order valence-electron chi connectivity index (χ4n) is 3.37. The van der Waals surface area contributed by atoms with Crippen molar-refractivity contribution in [3.8, 4) is 0 Å². The molecule has 0 saturated carbocycles. The van der Waals surface area contributed by atoms with E-state index in [1.807, 2.05) is 17.0 Å². The molecular formula is C20H23NO3. The van der Waals surface area contributed by atoms with E-state index < -0.39 is 5.97 Å². The number of amides is 1. The Kier molecular flexibility index (Phi) is 5.14. The molecule has 1 N–H and O–H groups in total. The number of nitrogens with zero attached hydrogens (tertiary/aromatic N) is 1. The molecule has 0 aliphatic carbocycles. The maximum atomic E-state index is 12.3.